The van der Waals surface area contributed by atoms with E-state index in [-0.39, 0.29) is 0 Å². The molecule has 0 saturated heterocycles. The number of aryl methyl sites for hydroxylation is 1. The first-order chi connectivity index (χ1) is 10.2. The molecule has 1 fully saturated rings. The van der Waals surface area contributed by atoms with Gasteiger partial charge in [0.15, 0.2) is 5.82 Å². The largest absolute Gasteiger partial charge is 0.399 e. The van der Waals surface area contributed by atoms with Gasteiger partial charge in [0, 0.05) is 11.7 Å². The van der Waals surface area contributed by atoms with Crippen LogP contribution in [0.5, 0.6) is 0 Å². The van der Waals surface area contributed by atoms with Gasteiger partial charge in [-0.3, -0.25) is 0 Å². The summed E-state index contributed by atoms with van der Waals surface area (Å²) >= 11 is 0. The molecule has 0 radical (unpaired) electrons. The van der Waals surface area contributed by atoms with Crippen LogP contribution in [-0.4, -0.2) is 14.8 Å². The summed E-state index contributed by atoms with van der Waals surface area (Å²) in [4.78, 5) is 0. The van der Waals surface area contributed by atoms with E-state index in [2.05, 4.69) is 26.9 Å². The third-order valence-electron chi connectivity index (χ3n) is 4.19. The molecule has 0 aliphatic heterocycles. The minimum absolute atomic E-state index is 0.555. The fraction of sp³-hybridized carbons (Fsp3) is 0.412. The van der Waals surface area contributed by atoms with E-state index in [0.29, 0.717) is 6.04 Å². The predicted molar refractivity (Wildman–Crippen MR) is 86.7 cm³/mol. The van der Waals surface area contributed by atoms with Crippen molar-refractivity contribution in [3.05, 3.63) is 41.5 Å². The summed E-state index contributed by atoms with van der Waals surface area (Å²) in [5, 5.41) is 8.58. The van der Waals surface area contributed by atoms with Crippen LogP contribution in [0.15, 0.2) is 24.3 Å². The van der Waals surface area contributed by atoms with Crippen LogP contribution >= 0.6 is 0 Å². The number of rotatable bonds is 3. The van der Waals surface area contributed by atoms with Gasteiger partial charge in [0.25, 0.3) is 0 Å². The van der Waals surface area contributed by atoms with E-state index in [4.69, 9.17) is 5.73 Å². The molecule has 0 atom stereocenters. The molecule has 0 unspecified atom stereocenters. The van der Waals surface area contributed by atoms with Crippen molar-refractivity contribution in [2.24, 2.45) is 0 Å². The van der Waals surface area contributed by atoms with Crippen LogP contribution in [0.2, 0.25) is 0 Å². The van der Waals surface area contributed by atoms with Gasteiger partial charge in [-0.2, -0.15) is 0 Å². The molecule has 110 valence electrons. The molecule has 2 aromatic rings. The van der Waals surface area contributed by atoms with Crippen molar-refractivity contribution in [3.8, 4) is 0 Å². The predicted octanol–water partition coefficient (Wildman–Crippen LogP) is 3.84. The molecule has 0 spiro atoms. The van der Waals surface area contributed by atoms with Crippen molar-refractivity contribution >= 4 is 17.8 Å². The Bertz CT molecular complexity index is 619. The topological polar surface area (TPSA) is 56.7 Å². The Labute approximate surface area is 125 Å². The molecule has 1 aliphatic carbocycles. The van der Waals surface area contributed by atoms with Crippen LogP contribution in [0.3, 0.4) is 0 Å². The first kappa shape index (κ1) is 13.9. The summed E-state index contributed by atoms with van der Waals surface area (Å²) in [6.07, 6.45) is 10.6. The second-order valence-corrected chi connectivity index (χ2v) is 5.77. The summed E-state index contributed by atoms with van der Waals surface area (Å²) in [6.45, 7) is 2.04. The van der Waals surface area contributed by atoms with E-state index in [1.54, 1.807) is 0 Å². The van der Waals surface area contributed by atoms with Crippen molar-refractivity contribution in [1.82, 2.24) is 14.8 Å². The van der Waals surface area contributed by atoms with E-state index >= 15 is 0 Å². The first-order valence-corrected chi connectivity index (χ1v) is 7.69. The number of benzene rings is 1. The van der Waals surface area contributed by atoms with Gasteiger partial charge in [-0.15, -0.1) is 10.2 Å². The number of nitrogen functional groups attached to an aromatic ring is 1. The van der Waals surface area contributed by atoms with Crippen molar-refractivity contribution in [1.29, 1.82) is 0 Å². The van der Waals surface area contributed by atoms with Gasteiger partial charge in [0.05, 0.1) is 0 Å². The van der Waals surface area contributed by atoms with E-state index in [1.165, 1.54) is 32.1 Å². The molecular formula is C17H22N4. The average Bonchev–Trinajstić information content (AvgIpc) is 2.88. The molecule has 21 heavy (non-hydrogen) atoms. The summed E-state index contributed by atoms with van der Waals surface area (Å²) in [6, 6.07) is 8.41. The number of aromatic nitrogens is 3. The molecule has 1 aliphatic rings. The van der Waals surface area contributed by atoms with Crippen LogP contribution < -0.4 is 5.73 Å². The maximum atomic E-state index is 5.71. The quantitative estimate of drug-likeness (QED) is 0.870. The highest BCUT2D eigenvalue weighted by Gasteiger charge is 2.19. The number of hydrogen-bond acceptors (Lipinski definition) is 3. The van der Waals surface area contributed by atoms with Crippen LogP contribution in [0.25, 0.3) is 12.2 Å². The zero-order valence-corrected chi connectivity index (χ0v) is 12.5. The minimum Gasteiger partial charge on any atom is -0.399 e. The summed E-state index contributed by atoms with van der Waals surface area (Å²) in [5.74, 6) is 1.97. The minimum atomic E-state index is 0.555. The van der Waals surface area contributed by atoms with Crippen molar-refractivity contribution < 1.29 is 0 Å². The monoisotopic (exact) mass is 282 g/mol. The summed E-state index contributed by atoms with van der Waals surface area (Å²) < 4.78 is 2.30. The van der Waals surface area contributed by atoms with Gasteiger partial charge in [-0.1, -0.05) is 37.5 Å². The van der Waals surface area contributed by atoms with Crippen LogP contribution in [-0.2, 0) is 0 Å². The third-order valence-corrected chi connectivity index (χ3v) is 4.19. The third kappa shape index (κ3) is 3.15. The van der Waals surface area contributed by atoms with Gasteiger partial charge >= 0.3 is 0 Å². The lowest BCUT2D eigenvalue weighted by Gasteiger charge is -2.24. The number of hydrogen-bond donors (Lipinski definition) is 1. The molecule has 1 aromatic heterocycles. The molecule has 2 N–H and O–H groups in total. The van der Waals surface area contributed by atoms with Gasteiger partial charge in [0.2, 0.25) is 0 Å². The smallest absolute Gasteiger partial charge is 0.156 e. The lowest BCUT2D eigenvalue weighted by molar-refractivity contribution is 0.346. The molecular weight excluding hydrogens is 260 g/mol. The zero-order valence-electron chi connectivity index (χ0n) is 12.5. The van der Waals surface area contributed by atoms with Gasteiger partial charge in [-0.05, 0) is 43.5 Å². The van der Waals surface area contributed by atoms with Crippen molar-refractivity contribution in [2.75, 3.05) is 5.73 Å². The van der Waals surface area contributed by atoms with Crippen molar-refractivity contribution in [2.45, 2.75) is 45.1 Å². The summed E-state index contributed by atoms with van der Waals surface area (Å²) in [7, 11) is 0. The normalized spacial score (nSPS) is 16.6. The molecule has 1 saturated carbocycles. The zero-order chi connectivity index (χ0) is 14.7. The second-order valence-electron chi connectivity index (χ2n) is 5.77. The second kappa shape index (κ2) is 6.12. The Kier molecular flexibility index (Phi) is 4.04. The number of anilines is 1. The van der Waals surface area contributed by atoms with Gasteiger partial charge in [-0.25, -0.2) is 0 Å². The molecule has 1 aromatic carbocycles. The van der Waals surface area contributed by atoms with Crippen LogP contribution in [0, 0.1) is 6.92 Å². The van der Waals surface area contributed by atoms with E-state index < -0.39 is 0 Å². The standard InChI is InChI=1S/C17H22N4/c1-13-19-20-17(21(13)16-5-3-2-4-6-16)12-9-14-7-10-15(18)11-8-14/h7-12,16H,2-6,18H2,1H3/b12-9+. The van der Waals surface area contributed by atoms with Gasteiger partial charge in [0.1, 0.15) is 5.82 Å². The molecule has 0 bridgehead atoms. The average molecular weight is 282 g/mol. The lowest BCUT2D eigenvalue weighted by Crippen LogP contribution is -2.15. The van der Waals surface area contributed by atoms with E-state index in [1.807, 2.05) is 31.2 Å². The highest BCUT2D eigenvalue weighted by molar-refractivity contribution is 5.67. The fourth-order valence-corrected chi connectivity index (χ4v) is 3.07. The molecule has 3 rings (SSSR count). The first-order valence-electron chi connectivity index (χ1n) is 7.69. The Morgan fingerprint density at radius 1 is 1.05 bits per heavy atom. The van der Waals surface area contributed by atoms with Gasteiger partial charge < -0.3 is 10.3 Å². The SMILES string of the molecule is Cc1nnc(/C=C/c2ccc(N)cc2)n1C1CCCCC1. The summed E-state index contributed by atoms with van der Waals surface area (Å²) in [5.41, 5.74) is 7.62. The number of nitrogens with zero attached hydrogens (tertiary/aromatic N) is 3. The van der Waals surface area contributed by atoms with Crippen LogP contribution in [0.4, 0.5) is 5.69 Å². The Morgan fingerprint density at radius 2 is 1.76 bits per heavy atom. The highest BCUT2D eigenvalue weighted by atomic mass is 15.3. The number of nitrogens with two attached hydrogens (primary N) is 1. The van der Waals surface area contributed by atoms with E-state index in [9.17, 15) is 0 Å². The maximum absolute atomic E-state index is 5.71. The fourth-order valence-electron chi connectivity index (χ4n) is 3.07. The molecule has 1 heterocycles. The molecule has 4 heteroatoms. The Balaban J connectivity index is 1.83. The van der Waals surface area contributed by atoms with Crippen LogP contribution in [0.1, 0.15) is 55.4 Å². The van der Waals surface area contributed by atoms with Crippen molar-refractivity contribution in [3.63, 3.8) is 0 Å². The highest BCUT2D eigenvalue weighted by Crippen LogP contribution is 2.30. The maximum Gasteiger partial charge on any atom is 0.156 e. The Morgan fingerprint density at radius 3 is 2.48 bits per heavy atom. The lowest BCUT2D eigenvalue weighted by atomic mass is 9.95. The Hall–Kier alpha value is -2.10. The van der Waals surface area contributed by atoms with E-state index in [0.717, 1.165) is 22.9 Å². The molecule has 0 amide bonds. The molecule has 4 nitrogen and oxygen atoms in total.